The molecule has 0 aromatic heterocycles. The lowest BCUT2D eigenvalue weighted by Gasteiger charge is -2.40. The summed E-state index contributed by atoms with van der Waals surface area (Å²) in [7, 11) is 0. The maximum absolute atomic E-state index is 3.56. The van der Waals surface area contributed by atoms with Crippen LogP contribution in [0.4, 0.5) is 5.69 Å². The molecule has 0 amide bonds. The second-order valence-electron chi connectivity index (χ2n) is 3.89. The largest absolute Gasteiger partial charge is 0.371 e. The monoisotopic (exact) mass is 239 g/mol. The van der Waals surface area contributed by atoms with Crippen LogP contribution in [0.2, 0.25) is 0 Å². The van der Waals surface area contributed by atoms with Crippen LogP contribution in [0.3, 0.4) is 0 Å². The Labute approximate surface area is 87.9 Å². The highest BCUT2D eigenvalue weighted by Crippen LogP contribution is 2.31. The molecular weight excluding hydrogens is 226 g/mol. The van der Waals surface area contributed by atoms with Crippen molar-refractivity contribution in [2.45, 2.75) is 13.8 Å². The molecule has 0 saturated carbocycles. The Bertz CT molecular complexity index is 316. The fourth-order valence-electron chi connectivity index (χ4n) is 1.83. The molecule has 1 aromatic rings. The number of hydrogen-bond acceptors (Lipinski definition) is 1. The third kappa shape index (κ3) is 1.60. The lowest BCUT2D eigenvalue weighted by atomic mass is 10.0. The van der Waals surface area contributed by atoms with Gasteiger partial charge in [0, 0.05) is 23.2 Å². The molecule has 1 aromatic carbocycles. The van der Waals surface area contributed by atoms with Crippen LogP contribution in [-0.4, -0.2) is 13.1 Å². The Kier molecular flexibility index (Phi) is 2.33. The highest BCUT2D eigenvalue weighted by atomic mass is 79.9. The Morgan fingerprint density at radius 2 is 2.08 bits per heavy atom. The maximum Gasteiger partial charge on any atom is 0.0407 e. The number of hydrogen-bond donors (Lipinski definition) is 0. The SMILES string of the molecule is Cc1c(Br)cccc1N1CC(C)C1. The van der Waals surface area contributed by atoms with Gasteiger partial charge in [-0.05, 0) is 30.5 Å². The third-order valence-electron chi connectivity index (χ3n) is 2.64. The first-order chi connectivity index (χ1) is 6.18. The van der Waals surface area contributed by atoms with E-state index >= 15 is 0 Å². The molecule has 1 aliphatic heterocycles. The first-order valence-corrected chi connectivity index (χ1v) is 5.48. The average Bonchev–Trinajstić information content (AvgIpc) is 2.05. The zero-order valence-electron chi connectivity index (χ0n) is 8.05. The van der Waals surface area contributed by atoms with Crippen LogP contribution in [0.25, 0.3) is 0 Å². The van der Waals surface area contributed by atoms with Crippen molar-refractivity contribution in [3.8, 4) is 0 Å². The summed E-state index contributed by atoms with van der Waals surface area (Å²) in [5.74, 6) is 0.860. The summed E-state index contributed by atoms with van der Waals surface area (Å²) in [4.78, 5) is 2.44. The van der Waals surface area contributed by atoms with Crippen LogP contribution in [0.1, 0.15) is 12.5 Å². The number of rotatable bonds is 1. The summed E-state index contributed by atoms with van der Waals surface area (Å²) in [5.41, 5.74) is 2.74. The normalized spacial score (nSPS) is 17.3. The zero-order valence-corrected chi connectivity index (χ0v) is 9.63. The summed E-state index contributed by atoms with van der Waals surface area (Å²) >= 11 is 3.56. The number of benzene rings is 1. The fraction of sp³-hybridized carbons (Fsp3) is 0.455. The summed E-state index contributed by atoms with van der Waals surface area (Å²) < 4.78 is 1.21. The van der Waals surface area contributed by atoms with E-state index in [-0.39, 0.29) is 0 Å². The first kappa shape index (κ1) is 9.07. The molecule has 1 nitrogen and oxygen atoms in total. The minimum Gasteiger partial charge on any atom is -0.371 e. The van der Waals surface area contributed by atoms with Gasteiger partial charge in [-0.2, -0.15) is 0 Å². The lowest BCUT2D eigenvalue weighted by molar-refractivity contribution is 0.446. The van der Waals surface area contributed by atoms with Crippen molar-refractivity contribution in [2.75, 3.05) is 18.0 Å². The van der Waals surface area contributed by atoms with Crippen molar-refractivity contribution in [3.05, 3.63) is 28.2 Å². The molecule has 70 valence electrons. The van der Waals surface area contributed by atoms with Gasteiger partial charge < -0.3 is 4.90 Å². The van der Waals surface area contributed by atoms with E-state index < -0.39 is 0 Å². The molecule has 1 heterocycles. The van der Waals surface area contributed by atoms with Gasteiger partial charge in [-0.15, -0.1) is 0 Å². The molecule has 2 rings (SSSR count). The fourth-order valence-corrected chi connectivity index (χ4v) is 2.19. The molecular formula is C11H14BrN. The van der Waals surface area contributed by atoms with E-state index in [9.17, 15) is 0 Å². The van der Waals surface area contributed by atoms with Crippen LogP contribution < -0.4 is 4.90 Å². The first-order valence-electron chi connectivity index (χ1n) is 4.68. The van der Waals surface area contributed by atoms with Gasteiger partial charge in [0.05, 0.1) is 0 Å². The molecule has 0 radical (unpaired) electrons. The summed E-state index contributed by atoms with van der Waals surface area (Å²) in [6.07, 6.45) is 0. The second-order valence-corrected chi connectivity index (χ2v) is 4.75. The second kappa shape index (κ2) is 3.33. The predicted molar refractivity (Wildman–Crippen MR) is 60.3 cm³/mol. The lowest BCUT2D eigenvalue weighted by Crippen LogP contribution is -2.45. The van der Waals surface area contributed by atoms with Crippen LogP contribution in [0, 0.1) is 12.8 Å². The van der Waals surface area contributed by atoms with Gasteiger partial charge in [-0.25, -0.2) is 0 Å². The van der Waals surface area contributed by atoms with Crippen molar-refractivity contribution in [2.24, 2.45) is 5.92 Å². The van der Waals surface area contributed by atoms with E-state index in [2.05, 4.69) is 52.9 Å². The molecule has 0 unspecified atom stereocenters. The number of halogens is 1. The highest BCUT2D eigenvalue weighted by molar-refractivity contribution is 9.10. The number of anilines is 1. The topological polar surface area (TPSA) is 3.24 Å². The molecule has 0 atom stereocenters. The van der Waals surface area contributed by atoms with Gasteiger partial charge in [0.15, 0.2) is 0 Å². The van der Waals surface area contributed by atoms with Gasteiger partial charge >= 0.3 is 0 Å². The van der Waals surface area contributed by atoms with Crippen molar-refractivity contribution in [1.29, 1.82) is 0 Å². The summed E-state index contributed by atoms with van der Waals surface area (Å²) in [6, 6.07) is 6.41. The molecule has 0 spiro atoms. The van der Waals surface area contributed by atoms with Gasteiger partial charge in [-0.1, -0.05) is 28.9 Å². The predicted octanol–water partition coefficient (Wildman–Crippen LogP) is 3.21. The smallest absolute Gasteiger partial charge is 0.0407 e. The van der Waals surface area contributed by atoms with Crippen molar-refractivity contribution < 1.29 is 0 Å². The summed E-state index contributed by atoms with van der Waals surface area (Å²) in [6.45, 7) is 6.88. The highest BCUT2D eigenvalue weighted by Gasteiger charge is 2.23. The van der Waals surface area contributed by atoms with E-state index in [1.807, 2.05) is 0 Å². The minimum absolute atomic E-state index is 0.860. The molecule has 0 bridgehead atoms. The molecule has 0 aliphatic carbocycles. The minimum atomic E-state index is 0.860. The molecule has 13 heavy (non-hydrogen) atoms. The van der Waals surface area contributed by atoms with E-state index in [0.29, 0.717) is 0 Å². The summed E-state index contributed by atoms with van der Waals surface area (Å²) in [5, 5.41) is 0. The zero-order chi connectivity index (χ0) is 9.42. The van der Waals surface area contributed by atoms with Crippen molar-refractivity contribution >= 4 is 21.6 Å². The average molecular weight is 240 g/mol. The van der Waals surface area contributed by atoms with Gasteiger partial charge in [-0.3, -0.25) is 0 Å². The molecule has 1 fully saturated rings. The quantitative estimate of drug-likeness (QED) is 0.728. The molecule has 1 aliphatic rings. The maximum atomic E-state index is 3.56. The van der Waals surface area contributed by atoms with Crippen LogP contribution in [0.15, 0.2) is 22.7 Å². The van der Waals surface area contributed by atoms with E-state index in [0.717, 1.165) is 5.92 Å². The van der Waals surface area contributed by atoms with E-state index in [4.69, 9.17) is 0 Å². The Morgan fingerprint density at radius 1 is 1.38 bits per heavy atom. The van der Waals surface area contributed by atoms with Gasteiger partial charge in [0.1, 0.15) is 0 Å². The Balaban J connectivity index is 2.26. The standard InChI is InChI=1S/C11H14BrN/c1-8-6-13(7-8)11-5-3-4-10(12)9(11)2/h3-5,8H,6-7H2,1-2H3. The van der Waals surface area contributed by atoms with Gasteiger partial charge in [0.25, 0.3) is 0 Å². The van der Waals surface area contributed by atoms with Crippen LogP contribution >= 0.6 is 15.9 Å². The third-order valence-corrected chi connectivity index (χ3v) is 3.50. The van der Waals surface area contributed by atoms with E-state index in [1.165, 1.54) is 28.8 Å². The molecule has 2 heteroatoms. The molecule has 0 N–H and O–H groups in total. The Hall–Kier alpha value is -0.500. The molecule has 1 saturated heterocycles. The van der Waals surface area contributed by atoms with E-state index in [1.54, 1.807) is 0 Å². The van der Waals surface area contributed by atoms with Crippen LogP contribution in [-0.2, 0) is 0 Å². The van der Waals surface area contributed by atoms with Gasteiger partial charge in [0.2, 0.25) is 0 Å². The van der Waals surface area contributed by atoms with Crippen molar-refractivity contribution in [3.63, 3.8) is 0 Å². The van der Waals surface area contributed by atoms with Crippen molar-refractivity contribution in [1.82, 2.24) is 0 Å². The Morgan fingerprint density at radius 3 is 2.69 bits per heavy atom. The van der Waals surface area contributed by atoms with Crippen LogP contribution in [0.5, 0.6) is 0 Å². The number of nitrogens with zero attached hydrogens (tertiary/aromatic N) is 1.